The topological polar surface area (TPSA) is 105 Å². The molecule has 0 saturated carbocycles. The number of ketones is 1. The van der Waals surface area contributed by atoms with Gasteiger partial charge in [-0.25, -0.2) is 4.79 Å². The van der Waals surface area contributed by atoms with E-state index in [1.807, 2.05) is 0 Å². The first-order valence-corrected chi connectivity index (χ1v) is 7.96. The second kappa shape index (κ2) is 7.28. The second-order valence-corrected chi connectivity index (χ2v) is 5.73. The van der Waals surface area contributed by atoms with Crippen LogP contribution >= 0.6 is 0 Å². The lowest BCUT2D eigenvalue weighted by atomic mass is 10.1. The van der Waals surface area contributed by atoms with Gasteiger partial charge in [-0.05, 0) is 30.7 Å². The summed E-state index contributed by atoms with van der Waals surface area (Å²) in [5.41, 5.74) is 0.723. The monoisotopic (exact) mass is 369 g/mol. The van der Waals surface area contributed by atoms with E-state index >= 15 is 0 Å². The van der Waals surface area contributed by atoms with Gasteiger partial charge in [0.2, 0.25) is 5.78 Å². The molecule has 1 aliphatic heterocycles. The summed E-state index contributed by atoms with van der Waals surface area (Å²) in [6, 6.07) is 10.4. The molecule has 1 heterocycles. The van der Waals surface area contributed by atoms with Crippen molar-refractivity contribution in [2.75, 3.05) is 7.11 Å². The molecule has 0 bridgehead atoms. The van der Waals surface area contributed by atoms with Crippen LogP contribution < -0.4 is 9.47 Å². The van der Waals surface area contributed by atoms with Crippen molar-refractivity contribution < 1.29 is 28.7 Å². The molecule has 0 aromatic heterocycles. The Kier molecular flexibility index (Phi) is 4.89. The summed E-state index contributed by atoms with van der Waals surface area (Å²) < 4.78 is 15.6. The highest BCUT2D eigenvalue weighted by Crippen LogP contribution is 2.35. The number of nitro benzene ring substituents is 1. The summed E-state index contributed by atoms with van der Waals surface area (Å²) in [5, 5.41) is 10.9. The maximum absolute atomic E-state index is 12.5. The van der Waals surface area contributed by atoms with E-state index in [0.717, 1.165) is 0 Å². The normalized spacial score (nSPS) is 15.0. The Balaban J connectivity index is 1.83. The minimum absolute atomic E-state index is 0.0451. The number of nitrogens with zero attached hydrogens (tertiary/aromatic N) is 1. The molecular formula is C19H15NO7. The lowest BCUT2D eigenvalue weighted by Crippen LogP contribution is -2.24. The first kappa shape index (κ1) is 18.1. The number of allylic oxidation sites excluding steroid dienone is 1. The van der Waals surface area contributed by atoms with E-state index in [1.165, 1.54) is 43.5 Å². The molecule has 0 amide bonds. The smallest absolute Gasteiger partial charge is 0.346 e. The number of non-ortho nitro benzene ring substituents is 1. The Morgan fingerprint density at radius 3 is 2.74 bits per heavy atom. The van der Waals surface area contributed by atoms with Crippen LogP contribution in [0.4, 0.5) is 5.69 Å². The van der Waals surface area contributed by atoms with Crippen LogP contribution in [-0.4, -0.2) is 29.9 Å². The Hall–Kier alpha value is -3.68. The van der Waals surface area contributed by atoms with Gasteiger partial charge in [0.25, 0.3) is 5.69 Å². The van der Waals surface area contributed by atoms with E-state index in [4.69, 9.17) is 9.47 Å². The Morgan fingerprint density at radius 2 is 2.04 bits per heavy atom. The van der Waals surface area contributed by atoms with Crippen LogP contribution in [0.1, 0.15) is 22.8 Å². The number of fused-ring (bicyclic) bond motifs is 1. The van der Waals surface area contributed by atoms with Crippen LogP contribution in [0.2, 0.25) is 0 Å². The molecule has 3 rings (SSSR count). The minimum Gasteiger partial charge on any atom is -0.479 e. The number of carbonyl (C=O) groups is 2. The van der Waals surface area contributed by atoms with Crippen LogP contribution in [0.15, 0.2) is 48.2 Å². The third-order valence-corrected chi connectivity index (χ3v) is 3.87. The van der Waals surface area contributed by atoms with Crippen LogP contribution in [-0.2, 0) is 9.53 Å². The fraction of sp³-hybridized carbons (Fsp3) is 0.158. The van der Waals surface area contributed by atoms with Gasteiger partial charge < -0.3 is 14.2 Å². The van der Waals surface area contributed by atoms with Gasteiger partial charge in [-0.2, -0.15) is 0 Å². The maximum atomic E-state index is 12.5. The summed E-state index contributed by atoms with van der Waals surface area (Å²) in [6.45, 7) is 1.54. The van der Waals surface area contributed by atoms with Gasteiger partial charge in [0, 0.05) is 18.2 Å². The van der Waals surface area contributed by atoms with Gasteiger partial charge in [0.15, 0.2) is 11.9 Å². The van der Waals surface area contributed by atoms with Crippen molar-refractivity contribution in [3.63, 3.8) is 0 Å². The van der Waals surface area contributed by atoms with E-state index in [9.17, 15) is 19.7 Å². The molecule has 1 aliphatic rings. The summed E-state index contributed by atoms with van der Waals surface area (Å²) in [5.74, 6) is -0.200. The molecule has 0 radical (unpaired) electrons. The van der Waals surface area contributed by atoms with Gasteiger partial charge >= 0.3 is 5.97 Å². The highest BCUT2D eigenvalue weighted by Gasteiger charge is 2.28. The van der Waals surface area contributed by atoms with Gasteiger partial charge in [-0.1, -0.05) is 12.1 Å². The minimum atomic E-state index is -0.815. The van der Waals surface area contributed by atoms with Crippen LogP contribution in [0.25, 0.3) is 6.08 Å². The summed E-state index contributed by atoms with van der Waals surface area (Å²) in [7, 11) is 1.26. The fourth-order valence-corrected chi connectivity index (χ4v) is 2.54. The second-order valence-electron chi connectivity index (χ2n) is 5.73. The zero-order chi connectivity index (χ0) is 19.6. The third kappa shape index (κ3) is 3.79. The third-order valence-electron chi connectivity index (χ3n) is 3.87. The molecule has 0 N–H and O–H groups in total. The number of ether oxygens (including phenoxy) is 3. The zero-order valence-corrected chi connectivity index (χ0v) is 14.5. The Morgan fingerprint density at radius 1 is 1.26 bits per heavy atom. The van der Waals surface area contributed by atoms with Crippen molar-refractivity contribution in [2.24, 2.45) is 0 Å². The molecule has 0 aliphatic carbocycles. The van der Waals surface area contributed by atoms with Crippen LogP contribution in [0.5, 0.6) is 11.5 Å². The lowest BCUT2D eigenvalue weighted by Gasteiger charge is -2.12. The first-order chi connectivity index (χ1) is 12.9. The predicted molar refractivity (Wildman–Crippen MR) is 94.6 cm³/mol. The average molecular weight is 369 g/mol. The predicted octanol–water partition coefficient (Wildman–Crippen LogP) is 3.15. The number of esters is 1. The SMILES string of the molecule is COC(=O)C(C)Oc1ccc2c(c1)OC(=Cc1cccc([N+](=O)[O-])c1)C2=O. The van der Waals surface area contributed by atoms with E-state index < -0.39 is 17.0 Å². The van der Waals surface area contributed by atoms with E-state index in [1.54, 1.807) is 19.1 Å². The molecule has 8 heteroatoms. The first-order valence-electron chi connectivity index (χ1n) is 7.96. The van der Waals surface area contributed by atoms with Gasteiger partial charge in [0.1, 0.15) is 11.5 Å². The Labute approximate surface area is 154 Å². The van der Waals surface area contributed by atoms with Crippen molar-refractivity contribution in [1.82, 2.24) is 0 Å². The number of hydrogen-bond acceptors (Lipinski definition) is 7. The maximum Gasteiger partial charge on any atom is 0.346 e. The molecular weight excluding hydrogens is 354 g/mol. The number of rotatable bonds is 5. The quantitative estimate of drug-likeness (QED) is 0.345. The number of Topliss-reactive ketones (excluding diaryl/α,β-unsaturated/α-hetero) is 1. The molecule has 2 aromatic carbocycles. The number of methoxy groups -OCH3 is 1. The molecule has 1 atom stereocenters. The molecule has 1 unspecified atom stereocenters. The Bertz CT molecular complexity index is 964. The zero-order valence-electron chi connectivity index (χ0n) is 14.5. The standard InChI is InChI=1S/C19H15NO7/c1-11(19(22)25-2)26-14-6-7-15-16(10-14)27-17(18(15)21)9-12-4-3-5-13(8-12)20(23)24/h3-11H,1-2H3. The van der Waals surface area contributed by atoms with E-state index in [0.29, 0.717) is 16.9 Å². The van der Waals surface area contributed by atoms with Crippen LogP contribution in [0.3, 0.4) is 0 Å². The molecule has 0 fully saturated rings. The van der Waals surface area contributed by atoms with Gasteiger partial charge in [-0.3, -0.25) is 14.9 Å². The highest BCUT2D eigenvalue weighted by atomic mass is 16.6. The van der Waals surface area contributed by atoms with E-state index in [2.05, 4.69) is 4.74 Å². The van der Waals surface area contributed by atoms with Crippen molar-refractivity contribution >= 4 is 23.5 Å². The lowest BCUT2D eigenvalue weighted by molar-refractivity contribution is -0.384. The molecule has 0 saturated heterocycles. The van der Waals surface area contributed by atoms with E-state index in [-0.39, 0.29) is 23.0 Å². The largest absolute Gasteiger partial charge is 0.479 e. The number of hydrogen-bond donors (Lipinski definition) is 0. The molecule has 2 aromatic rings. The van der Waals surface area contributed by atoms with Crippen molar-refractivity contribution in [3.05, 3.63) is 69.5 Å². The summed E-state index contributed by atoms with van der Waals surface area (Å²) in [4.78, 5) is 34.3. The fourth-order valence-electron chi connectivity index (χ4n) is 2.54. The van der Waals surface area contributed by atoms with Gasteiger partial charge in [-0.15, -0.1) is 0 Å². The number of benzene rings is 2. The number of carbonyl (C=O) groups excluding carboxylic acids is 2. The molecule has 27 heavy (non-hydrogen) atoms. The number of nitro groups is 1. The summed E-state index contributed by atoms with van der Waals surface area (Å²) in [6.07, 6.45) is 0.623. The molecule has 138 valence electrons. The summed E-state index contributed by atoms with van der Waals surface area (Å²) >= 11 is 0. The van der Waals surface area contributed by atoms with Crippen molar-refractivity contribution in [2.45, 2.75) is 13.0 Å². The van der Waals surface area contributed by atoms with Crippen LogP contribution in [0, 0.1) is 10.1 Å². The molecule has 8 nitrogen and oxygen atoms in total. The van der Waals surface area contributed by atoms with Crippen molar-refractivity contribution in [1.29, 1.82) is 0 Å². The average Bonchev–Trinajstić information content (AvgIpc) is 2.96. The van der Waals surface area contributed by atoms with Gasteiger partial charge in [0.05, 0.1) is 17.6 Å². The molecule has 0 spiro atoms. The van der Waals surface area contributed by atoms with Crippen molar-refractivity contribution in [3.8, 4) is 11.5 Å². The highest BCUT2D eigenvalue weighted by molar-refractivity contribution is 6.14.